The van der Waals surface area contributed by atoms with Gasteiger partial charge in [-0.1, -0.05) is 63.5 Å². The van der Waals surface area contributed by atoms with Gasteiger partial charge in [-0.15, -0.1) is 35.7 Å². The molecule has 0 amide bonds. The van der Waals surface area contributed by atoms with E-state index in [9.17, 15) is 0 Å². The van der Waals surface area contributed by atoms with Gasteiger partial charge < -0.3 is 9.30 Å². The predicted octanol–water partition coefficient (Wildman–Crippen LogP) is 10.9. The van der Waals surface area contributed by atoms with Crippen LogP contribution < -0.4 is 4.74 Å². The van der Waals surface area contributed by atoms with E-state index >= 15 is 0 Å². The van der Waals surface area contributed by atoms with E-state index in [2.05, 4.69) is 131 Å². The number of hydrogen-bond acceptors (Lipinski definition) is 3. The zero-order chi connectivity index (χ0) is 33.0. The van der Waals surface area contributed by atoms with E-state index in [0.29, 0.717) is 11.5 Å². The van der Waals surface area contributed by atoms with E-state index in [-0.39, 0.29) is 32.9 Å². The smallest absolute Gasteiger partial charge is 0.509 e. The van der Waals surface area contributed by atoms with Crippen molar-refractivity contribution < 1.29 is 25.8 Å². The number of pyridine rings is 1. The maximum absolute atomic E-state index is 6.49. The van der Waals surface area contributed by atoms with Crippen LogP contribution in [0.25, 0.3) is 44.4 Å². The monoisotopic (exact) mass is 811 g/mol. The molecule has 5 nitrogen and oxygen atoms in total. The third-order valence-corrected chi connectivity index (χ3v) is 9.15. The largest absolute Gasteiger partial charge is 2.00 e. The summed E-state index contributed by atoms with van der Waals surface area (Å²) in [7, 11) is 0. The van der Waals surface area contributed by atoms with Crippen LogP contribution in [0.2, 0.25) is 0 Å². The van der Waals surface area contributed by atoms with Crippen molar-refractivity contribution in [3.05, 3.63) is 131 Å². The number of nitrogens with zero attached hydrogens (tertiary/aromatic N) is 4. The molecular formula is C42H40N4OPt. The van der Waals surface area contributed by atoms with E-state index in [4.69, 9.17) is 14.8 Å². The van der Waals surface area contributed by atoms with Crippen LogP contribution >= 0.6 is 0 Å². The fourth-order valence-electron chi connectivity index (χ4n) is 6.60. The van der Waals surface area contributed by atoms with Crippen molar-refractivity contribution >= 4 is 21.8 Å². The number of aromatic nitrogens is 4. The van der Waals surface area contributed by atoms with Crippen LogP contribution in [0, 0.1) is 39.8 Å². The summed E-state index contributed by atoms with van der Waals surface area (Å²) in [5.41, 5.74) is 12.6. The molecule has 0 saturated heterocycles. The maximum Gasteiger partial charge on any atom is 2.00 e. The number of benzene rings is 4. The van der Waals surface area contributed by atoms with Crippen molar-refractivity contribution in [3.8, 4) is 34.1 Å². The molecule has 4 aromatic carbocycles. The minimum absolute atomic E-state index is 0. The van der Waals surface area contributed by atoms with Crippen molar-refractivity contribution in [2.24, 2.45) is 0 Å². The van der Waals surface area contributed by atoms with Gasteiger partial charge in [0.05, 0.1) is 11.4 Å². The number of aryl methyl sites for hydroxylation is 3. The van der Waals surface area contributed by atoms with Gasteiger partial charge in [-0.25, -0.2) is 4.98 Å². The quantitative estimate of drug-likeness (QED) is 0.151. The minimum Gasteiger partial charge on any atom is -0.509 e. The number of ether oxygens (including phenoxy) is 1. The predicted molar refractivity (Wildman–Crippen MR) is 192 cm³/mol. The first kappa shape index (κ1) is 33.4. The van der Waals surface area contributed by atoms with E-state index < -0.39 is 0 Å². The van der Waals surface area contributed by atoms with Crippen molar-refractivity contribution in [1.29, 1.82) is 0 Å². The Morgan fingerprint density at radius 1 is 0.729 bits per heavy atom. The Balaban J connectivity index is 0.00000401. The van der Waals surface area contributed by atoms with Crippen LogP contribution in [0.1, 0.15) is 73.2 Å². The van der Waals surface area contributed by atoms with Gasteiger partial charge in [-0.05, 0) is 96.6 Å². The SMILES string of the molecule is Cc1ccnc(-n2c3[c-]c(Oc4[c-]c(-n5nc(C(C)C)c(-c6cc(C)c(C)c(C)c6)c5C(C)C)ccc4)ccc3c3ccccc32)c1.[Pt+2]. The van der Waals surface area contributed by atoms with Gasteiger partial charge >= 0.3 is 21.1 Å². The molecule has 0 fully saturated rings. The maximum atomic E-state index is 6.49. The Hall–Kier alpha value is -4.47. The Morgan fingerprint density at radius 2 is 1.46 bits per heavy atom. The van der Waals surface area contributed by atoms with Gasteiger partial charge in [-0.3, -0.25) is 4.68 Å². The second-order valence-corrected chi connectivity index (χ2v) is 13.2. The molecule has 6 heteroatoms. The molecule has 0 aliphatic heterocycles. The molecule has 48 heavy (non-hydrogen) atoms. The summed E-state index contributed by atoms with van der Waals surface area (Å²) in [5.74, 6) is 2.56. The van der Waals surface area contributed by atoms with Crippen LogP contribution in [0.15, 0.2) is 85.1 Å². The van der Waals surface area contributed by atoms with E-state index in [0.717, 1.165) is 44.6 Å². The summed E-state index contributed by atoms with van der Waals surface area (Å²) >= 11 is 0. The summed E-state index contributed by atoms with van der Waals surface area (Å²) in [5, 5.41) is 7.49. The Labute approximate surface area is 297 Å². The van der Waals surface area contributed by atoms with Crippen LogP contribution in [0.5, 0.6) is 11.5 Å². The zero-order valence-electron chi connectivity index (χ0n) is 28.8. The van der Waals surface area contributed by atoms with Crippen molar-refractivity contribution in [2.75, 3.05) is 0 Å². The molecule has 0 bridgehead atoms. The Bertz CT molecular complexity index is 2270. The summed E-state index contributed by atoms with van der Waals surface area (Å²) < 4.78 is 10.7. The minimum atomic E-state index is 0. The second-order valence-electron chi connectivity index (χ2n) is 13.2. The molecule has 0 aliphatic carbocycles. The normalized spacial score (nSPS) is 11.5. The molecule has 3 aromatic heterocycles. The average molecular weight is 812 g/mol. The third kappa shape index (κ3) is 5.90. The molecule has 7 rings (SSSR count). The third-order valence-electron chi connectivity index (χ3n) is 9.15. The fraction of sp³-hybridized carbons (Fsp3) is 0.238. The topological polar surface area (TPSA) is 44.9 Å². The molecule has 0 aliphatic rings. The molecule has 0 N–H and O–H groups in total. The Morgan fingerprint density at radius 3 is 2.17 bits per heavy atom. The zero-order valence-corrected chi connectivity index (χ0v) is 31.0. The molecule has 0 unspecified atom stereocenters. The first-order valence-electron chi connectivity index (χ1n) is 16.4. The molecule has 7 aromatic rings. The first-order valence-corrected chi connectivity index (χ1v) is 16.4. The van der Waals surface area contributed by atoms with Crippen molar-refractivity contribution in [2.45, 2.75) is 67.2 Å². The van der Waals surface area contributed by atoms with Crippen molar-refractivity contribution in [1.82, 2.24) is 19.3 Å². The fourth-order valence-corrected chi connectivity index (χ4v) is 6.60. The Kier molecular flexibility index (Phi) is 9.20. The first-order chi connectivity index (χ1) is 22.6. The number of fused-ring (bicyclic) bond motifs is 3. The molecular weight excluding hydrogens is 772 g/mol. The standard InChI is InChI=1S/C42H40N4O.Pt/c1-25(2)41-40(31-21-28(6)30(8)29(7)22-31)42(26(3)4)46(44-41)32-12-11-13-33(23-32)47-34-16-17-36-35-14-9-10-15-37(35)45(38(36)24-34)39-20-27(5)18-19-43-39;/h9-22,25-26H,1-8H3;/q-2;+2. The summed E-state index contributed by atoms with van der Waals surface area (Å²) in [6.07, 6.45) is 1.85. The molecule has 0 spiro atoms. The van der Waals surface area contributed by atoms with Crippen LogP contribution in [-0.2, 0) is 21.1 Å². The van der Waals surface area contributed by atoms with E-state index in [1.165, 1.54) is 33.5 Å². The summed E-state index contributed by atoms with van der Waals surface area (Å²) in [4.78, 5) is 4.71. The van der Waals surface area contributed by atoms with Gasteiger partial charge in [0.2, 0.25) is 0 Å². The van der Waals surface area contributed by atoms with Gasteiger partial charge in [-0.2, -0.15) is 17.2 Å². The van der Waals surface area contributed by atoms with Crippen LogP contribution in [0.3, 0.4) is 0 Å². The average Bonchev–Trinajstić information content (AvgIpc) is 3.61. The second kappa shape index (κ2) is 13.2. The van der Waals surface area contributed by atoms with Gasteiger partial charge in [0, 0.05) is 28.8 Å². The van der Waals surface area contributed by atoms with Crippen LogP contribution in [-0.4, -0.2) is 19.3 Å². The van der Waals surface area contributed by atoms with Gasteiger partial charge in [0.15, 0.2) is 0 Å². The summed E-state index contributed by atoms with van der Waals surface area (Å²) in [6, 6.07) is 34.3. The molecule has 0 saturated carbocycles. The molecule has 244 valence electrons. The van der Waals surface area contributed by atoms with Crippen molar-refractivity contribution in [3.63, 3.8) is 0 Å². The molecule has 0 radical (unpaired) electrons. The number of hydrogen-bond donors (Lipinski definition) is 0. The van der Waals surface area contributed by atoms with E-state index in [1.807, 2.05) is 30.5 Å². The summed E-state index contributed by atoms with van der Waals surface area (Å²) in [6.45, 7) is 17.6. The molecule has 3 heterocycles. The molecule has 0 atom stereocenters. The van der Waals surface area contributed by atoms with Crippen LogP contribution in [0.4, 0.5) is 0 Å². The van der Waals surface area contributed by atoms with Gasteiger partial charge in [0.25, 0.3) is 0 Å². The number of para-hydroxylation sites is 1. The van der Waals surface area contributed by atoms with Gasteiger partial charge in [0.1, 0.15) is 5.82 Å². The van der Waals surface area contributed by atoms with E-state index in [1.54, 1.807) is 0 Å². The number of rotatable bonds is 7.